The molecular weight excluding hydrogens is 320 g/mol. The fourth-order valence-electron chi connectivity index (χ4n) is 1.86. The summed E-state index contributed by atoms with van der Waals surface area (Å²) in [5, 5.41) is 0. The van der Waals surface area contributed by atoms with Crippen LogP contribution in [-0.4, -0.2) is 27.7 Å². The second-order valence-electron chi connectivity index (χ2n) is 4.22. The van der Waals surface area contributed by atoms with Crippen LogP contribution in [0, 0.1) is 0 Å². The molecule has 0 radical (unpaired) electrons. The molecular formula is C11H15BrN2O3S. The second kappa shape index (κ2) is 5.56. The van der Waals surface area contributed by atoms with Gasteiger partial charge in [-0.3, -0.25) is 0 Å². The van der Waals surface area contributed by atoms with Gasteiger partial charge in [-0.05, 0) is 31.0 Å². The highest BCUT2D eigenvalue weighted by molar-refractivity contribution is 9.10. The van der Waals surface area contributed by atoms with Gasteiger partial charge in [0, 0.05) is 17.1 Å². The van der Waals surface area contributed by atoms with Crippen LogP contribution < -0.4 is 10.5 Å². The Balaban J connectivity index is 2.21. The molecule has 3 N–H and O–H groups in total. The number of nitrogens with one attached hydrogen (secondary N) is 1. The highest BCUT2D eigenvalue weighted by atomic mass is 79.9. The van der Waals surface area contributed by atoms with Crippen LogP contribution in [0.5, 0.6) is 0 Å². The molecule has 0 aliphatic carbocycles. The Labute approximate surface area is 115 Å². The van der Waals surface area contributed by atoms with Crippen LogP contribution in [0.25, 0.3) is 0 Å². The Morgan fingerprint density at radius 3 is 2.89 bits per heavy atom. The number of ether oxygens (including phenoxy) is 1. The Morgan fingerprint density at radius 2 is 2.22 bits per heavy atom. The molecule has 1 unspecified atom stereocenters. The molecule has 5 nitrogen and oxygen atoms in total. The number of halogens is 1. The number of anilines is 1. The van der Waals surface area contributed by atoms with E-state index in [9.17, 15) is 8.42 Å². The lowest BCUT2D eigenvalue weighted by atomic mass is 10.1. The first-order valence-corrected chi connectivity index (χ1v) is 7.92. The molecule has 1 fully saturated rings. The van der Waals surface area contributed by atoms with E-state index >= 15 is 0 Å². The molecule has 1 aliphatic rings. The van der Waals surface area contributed by atoms with Crippen LogP contribution in [0.4, 0.5) is 5.69 Å². The first kappa shape index (κ1) is 13.8. The zero-order valence-corrected chi connectivity index (χ0v) is 12.1. The van der Waals surface area contributed by atoms with E-state index in [1.165, 1.54) is 6.07 Å². The van der Waals surface area contributed by atoms with Crippen molar-refractivity contribution >= 4 is 31.6 Å². The molecule has 1 aromatic carbocycles. The van der Waals surface area contributed by atoms with Crippen molar-refractivity contribution in [3.05, 3.63) is 22.7 Å². The Hall–Kier alpha value is -0.630. The van der Waals surface area contributed by atoms with Crippen LogP contribution in [0.3, 0.4) is 0 Å². The minimum absolute atomic E-state index is 0.0995. The molecule has 2 rings (SSSR count). The van der Waals surface area contributed by atoms with Gasteiger partial charge >= 0.3 is 0 Å². The number of nitrogen functional groups attached to an aromatic ring is 1. The highest BCUT2D eigenvalue weighted by Crippen LogP contribution is 2.23. The van der Waals surface area contributed by atoms with E-state index in [-0.39, 0.29) is 16.6 Å². The van der Waals surface area contributed by atoms with Crippen molar-refractivity contribution in [3.63, 3.8) is 0 Å². The standard InChI is InChI=1S/C11H15BrN2O3S/c12-8-3-4-10(13)11(6-8)18(15,16)14-9-2-1-5-17-7-9/h3-4,6,9,14H,1-2,5,7,13H2. The SMILES string of the molecule is Nc1ccc(Br)cc1S(=O)(=O)NC1CCCOC1. The maximum Gasteiger partial charge on any atom is 0.242 e. The van der Waals surface area contributed by atoms with Gasteiger partial charge in [-0.2, -0.15) is 0 Å². The van der Waals surface area contributed by atoms with Crippen molar-refractivity contribution in [2.45, 2.75) is 23.8 Å². The highest BCUT2D eigenvalue weighted by Gasteiger charge is 2.24. The average Bonchev–Trinajstić information content (AvgIpc) is 2.33. The minimum Gasteiger partial charge on any atom is -0.398 e. The topological polar surface area (TPSA) is 81.4 Å². The molecule has 18 heavy (non-hydrogen) atoms. The molecule has 1 heterocycles. The number of hydrogen-bond donors (Lipinski definition) is 2. The van der Waals surface area contributed by atoms with Gasteiger partial charge in [0.15, 0.2) is 0 Å². The molecule has 7 heteroatoms. The van der Waals surface area contributed by atoms with Gasteiger partial charge in [0.05, 0.1) is 12.3 Å². The predicted octanol–water partition coefficient (Wildman–Crippen LogP) is 1.49. The number of rotatable bonds is 3. The van der Waals surface area contributed by atoms with Gasteiger partial charge in [-0.1, -0.05) is 15.9 Å². The van der Waals surface area contributed by atoms with Crippen molar-refractivity contribution in [1.29, 1.82) is 0 Å². The van der Waals surface area contributed by atoms with Crippen LogP contribution in [-0.2, 0) is 14.8 Å². The van der Waals surface area contributed by atoms with Gasteiger partial charge < -0.3 is 10.5 Å². The lowest BCUT2D eigenvalue weighted by Crippen LogP contribution is -2.40. The van der Waals surface area contributed by atoms with Crippen LogP contribution >= 0.6 is 15.9 Å². The summed E-state index contributed by atoms with van der Waals surface area (Å²) < 4.78 is 33.0. The second-order valence-corrected chi connectivity index (χ2v) is 6.82. The van der Waals surface area contributed by atoms with Crippen molar-refractivity contribution in [2.75, 3.05) is 18.9 Å². The molecule has 1 atom stereocenters. The molecule has 0 aromatic heterocycles. The smallest absolute Gasteiger partial charge is 0.242 e. The summed E-state index contributed by atoms with van der Waals surface area (Å²) in [6.07, 6.45) is 1.65. The van der Waals surface area contributed by atoms with Gasteiger partial charge in [0.2, 0.25) is 10.0 Å². The monoisotopic (exact) mass is 334 g/mol. The zero-order valence-electron chi connectivity index (χ0n) is 9.73. The van der Waals surface area contributed by atoms with Crippen molar-refractivity contribution in [3.8, 4) is 0 Å². The molecule has 1 saturated heterocycles. The minimum atomic E-state index is -3.60. The quantitative estimate of drug-likeness (QED) is 0.820. The van der Waals surface area contributed by atoms with Crippen molar-refractivity contribution in [1.82, 2.24) is 4.72 Å². The maximum atomic E-state index is 12.2. The first-order valence-electron chi connectivity index (χ1n) is 5.64. The molecule has 0 saturated carbocycles. The van der Waals surface area contributed by atoms with E-state index in [1.807, 2.05) is 0 Å². The lowest BCUT2D eigenvalue weighted by molar-refractivity contribution is 0.0774. The number of hydrogen-bond acceptors (Lipinski definition) is 4. The molecule has 100 valence electrons. The average molecular weight is 335 g/mol. The van der Waals surface area contributed by atoms with E-state index in [0.29, 0.717) is 17.7 Å². The number of nitrogens with two attached hydrogens (primary N) is 1. The zero-order chi connectivity index (χ0) is 13.2. The van der Waals surface area contributed by atoms with Gasteiger partial charge in [-0.15, -0.1) is 0 Å². The van der Waals surface area contributed by atoms with Crippen LogP contribution in [0.15, 0.2) is 27.6 Å². The lowest BCUT2D eigenvalue weighted by Gasteiger charge is -2.23. The van der Waals surface area contributed by atoms with E-state index in [1.54, 1.807) is 12.1 Å². The number of benzene rings is 1. The molecule has 1 aliphatic heterocycles. The largest absolute Gasteiger partial charge is 0.398 e. The summed E-state index contributed by atoms with van der Waals surface area (Å²) in [6.45, 7) is 1.10. The third-order valence-corrected chi connectivity index (χ3v) is 4.82. The molecule has 0 amide bonds. The van der Waals surface area contributed by atoms with Gasteiger partial charge in [0.25, 0.3) is 0 Å². The third kappa shape index (κ3) is 3.23. The summed E-state index contributed by atoms with van der Waals surface area (Å²) in [5.41, 5.74) is 5.95. The first-order chi connectivity index (χ1) is 8.49. The van der Waals surface area contributed by atoms with Crippen molar-refractivity contribution in [2.24, 2.45) is 0 Å². The summed E-state index contributed by atoms with van der Waals surface area (Å²) >= 11 is 3.24. The van der Waals surface area contributed by atoms with E-state index in [2.05, 4.69) is 20.7 Å². The Bertz CT molecular complexity index is 527. The maximum absolute atomic E-state index is 12.2. The molecule has 0 bridgehead atoms. The van der Waals surface area contributed by atoms with Crippen molar-refractivity contribution < 1.29 is 13.2 Å². The molecule has 1 aromatic rings. The Morgan fingerprint density at radius 1 is 1.44 bits per heavy atom. The molecule has 0 spiro atoms. The Kier molecular flexibility index (Phi) is 4.26. The summed E-state index contributed by atoms with van der Waals surface area (Å²) in [7, 11) is -3.60. The van der Waals surface area contributed by atoms with E-state index < -0.39 is 10.0 Å². The van der Waals surface area contributed by atoms with E-state index in [4.69, 9.17) is 10.5 Å². The van der Waals surface area contributed by atoms with Gasteiger partial charge in [-0.25, -0.2) is 13.1 Å². The predicted molar refractivity (Wildman–Crippen MR) is 72.7 cm³/mol. The number of sulfonamides is 1. The summed E-state index contributed by atoms with van der Waals surface area (Å²) in [4.78, 5) is 0.0995. The van der Waals surface area contributed by atoms with Gasteiger partial charge in [0.1, 0.15) is 4.90 Å². The normalized spacial score (nSPS) is 20.8. The fraction of sp³-hybridized carbons (Fsp3) is 0.455. The van der Waals surface area contributed by atoms with Crippen LogP contribution in [0.2, 0.25) is 0 Å². The summed E-state index contributed by atoms with van der Waals surface area (Å²) in [6, 6.07) is 4.59. The third-order valence-electron chi connectivity index (χ3n) is 2.75. The fourth-order valence-corrected chi connectivity index (χ4v) is 3.78. The van der Waals surface area contributed by atoms with Crippen LogP contribution in [0.1, 0.15) is 12.8 Å². The summed E-state index contributed by atoms with van der Waals surface area (Å²) in [5.74, 6) is 0. The van der Waals surface area contributed by atoms with E-state index in [0.717, 1.165) is 12.8 Å².